The fraction of sp³-hybridized carbons (Fsp3) is 0.400. The summed E-state index contributed by atoms with van der Waals surface area (Å²) in [6.45, 7) is 5.07. The van der Waals surface area contributed by atoms with E-state index in [0.717, 1.165) is 54.3 Å². The van der Waals surface area contributed by atoms with E-state index in [-0.39, 0.29) is 17.7 Å². The van der Waals surface area contributed by atoms with Crippen LogP contribution in [0.15, 0.2) is 48.7 Å². The molecule has 7 heteroatoms. The quantitative estimate of drug-likeness (QED) is 0.531. The van der Waals surface area contributed by atoms with Crippen molar-refractivity contribution in [3.8, 4) is 0 Å². The molecule has 3 saturated heterocycles. The maximum absolute atomic E-state index is 13.4. The highest BCUT2D eigenvalue weighted by molar-refractivity contribution is 5.93. The third-order valence-electron chi connectivity index (χ3n) is 6.76. The van der Waals surface area contributed by atoms with E-state index >= 15 is 0 Å². The van der Waals surface area contributed by atoms with Gasteiger partial charge in [0.1, 0.15) is 0 Å². The average molecular weight is 441 g/mol. The minimum Gasteiger partial charge on any atom is -0.378 e. The first-order valence-electron chi connectivity index (χ1n) is 11.0. The second-order valence-corrected chi connectivity index (χ2v) is 8.78. The smallest absolute Gasteiger partial charge is 0.378 e. The fourth-order valence-corrected chi connectivity index (χ4v) is 5.05. The molecule has 0 aliphatic carbocycles. The van der Waals surface area contributed by atoms with Gasteiger partial charge < -0.3 is 15.0 Å². The van der Waals surface area contributed by atoms with Crippen molar-refractivity contribution in [1.82, 2.24) is 4.98 Å². The predicted molar refractivity (Wildman–Crippen MR) is 120 cm³/mol. The lowest BCUT2D eigenvalue weighted by Crippen LogP contribution is -2.54. The van der Waals surface area contributed by atoms with Crippen molar-refractivity contribution in [2.75, 3.05) is 23.4 Å². The molecule has 0 radical (unpaired) electrons. The molecule has 4 nitrogen and oxygen atoms in total. The molecule has 2 bridgehead atoms. The highest BCUT2D eigenvalue weighted by Crippen LogP contribution is 2.37. The first kappa shape index (κ1) is 21.1. The van der Waals surface area contributed by atoms with Crippen LogP contribution < -0.4 is 10.2 Å². The highest BCUT2D eigenvalue weighted by atomic mass is 19.4. The molecule has 3 aliphatic heterocycles. The highest BCUT2D eigenvalue weighted by Gasteiger charge is 2.35. The molecule has 3 aliphatic rings. The number of benzene rings is 2. The molecule has 0 spiro atoms. The molecule has 168 valence electrons. The Morgan fingerprint density at radius 1 is 1.16 bits per heavy atom. The second kappa shape index (κ2) is 7.96. The zero-order valence-corrected chi connectivity index (χ0v) is 18.1. The van der Waals surface area contributed by atoms with Crippen LogP contribution in [0.25, 0.3) is 10.9 Å². The van der Waals surface area contributed by atoms with Crippen LogP contribution in [0.4, 0.5) is 24.5 Å². The van der Waals surface area contributed by atoms with Crippen molar-refractivity contribution in [2.45, 2.75) is 51.1 Å². The molecule has 0 saturated carbocycles. The van der Waals surface area contributed by atoms with Crippen LogP contribution in [0.5, 0.6) is 0 Å². The van der Waals surface area contributed by atoms with Crippen LogP contribution in [0.2, 0.25) is 0 Å². The molecule has 4 heterocycles. The van der Waals surface area contributed by atoms with Gasteiger partial charge in [-0.15, -0.1) is 0 Å². The van der Waals surface area contributed by atoms with Gasteiger partial charge >= 0.3 is 6.18 Å². The van der Waals surface area contributed by atoms with Crippen LogP contribution in [0.3, 0.4) is 0 Å². The van der Waals surface area contributed by atoms with Crippen molar-refractivity contribution in [1.29, 1.82) is 0 Å². The number of halogens is 3. The Kier molecular flexibility index (Phi) is 5.24. The second-order valence-electron chi connectivity index (χ2n) is 8.78. The Labute approximate surface area is 185 Å². The van der Waals surface area contributed by atoms with E-state index < -0.39 is 11.7 Å². The lowest BCUT2D eigenvalue weighted by Gasteiger charge is -2.46. The van der Waals surface area contributed by atoms with Crippen LogP contribution in [-0.2, 0) is 10.9 Å². The van der Waals surface area contributed by atoms with Gasteiger partial charge in [-0.05, 0) is 68.1 Å². The summed E-state index contributed by atoms with van der Waals surface area (Å²) < 4.78 is 46.0. The van der Waals surface area contributed by atoms with Gasteiger partial charge in [0, 0.05) is 35.5 Å². The summed E-state index contributed by atoms with van der Waals surface area (Å²) in [6.07, 6.45) is -0.113. The maximum Gasteiger partial charge on any atom is 0.416 e. The van der Waals surface area contributed by atoms with Gasteiger partial charge in [-0.1, -0.05) is 12.1 Å². The molecule has 3 atom stereocenters. The van der Waals surface area contributed by atoms with Crippen molar-refractivity contribution in [3.63, 3.8) is 0 Å². The van der Waals surface area contributed by atoms with Gasteiger partial charge in [0.2, 0.25) is 0 Å². The van der Waals surface area contributed by atoms with Crippen molar-refractivity contribution < 1.29 is 17.9 Å². The van der Waals surface area contributed by atoms with E-state index in [1.54, 1.807) is 12.3 Å². The number of morpholine rings is 1. The molecule has 3 aromatic rings. The summed E-state index contributed by atoms with van der Waals surface area (Å²) in [5.74, 6) is 0. The van der Waals surface area contributed by atoms with Crippen molar-refractivity contribution in [2.24, 2.45) is 0 Å². The van der Waals surface area contributed by atoms with Crippen molar-refractivity contribution in [3.05, 3.63) is 65.4 Å². The fourth-order valence-electron chi connectivity index (χ4n) is 5.05. The van der Waals surface area contributed by atoms with E-state index in [4.69, 9.17) is 4.74 Å². The van der Waals surface area contributed by atoms with Gasteiger partial charge in [0.15, 0.2) is 0 Å². The van der Waals surface area contributed by atoms with Crippen LogP contribution in [0.1, 0.15) is 42.5 Å². The minimum absolute atomic E-state index is 0.253. The van der Waals surface area contributed by atoms with Crippen LogP contribution in [0, 0.1) is 6.92 Å². The molecule has 0 amide bonds. The molecule has 1 aromatic heterocycles. The number of rotatable bonds is 4. The van der Waals surface area contributed by atoms with E-state index in [1.807, 2.05) is 19.1 Å². The molecule has 1 N–H and O–H groups in total. The molecular weight excluding hydrogens is 415 g/mol. The number of aromatic nitrogens is 1. The largest absolute Gasteiger partial charge is 0.416 e. The molecule has 3 fully saturated rings. The third-order valence-corrected chi connectivity index (χ3v) is 6.76. The number of hydrogen-bond acceptors (Lipinski definition) is 4. The standard InChI is InChI=1S/C25H26F3N3O/c1-15-20(4-3-5-22(15)25(26,27)28)16(2)30-24-10-11-29-23-9-7-17(12-21(23)24)31-13-19-8-6-18(31)14-32-19/h3-5,7,9-12,16,18-19H,6,8,13-14H2,1-2H3,(H,29,30)/t16-,18+,19+/m1/s1. The van der Waals surface area contributed by atoms with E-state index in [0.29, 0.717) is 11.6 Å². The first-order chi connectivity index (χ1) is 15.3. The van der Waals surface area contributed by atoms with Gasteiger partial charge in [0.25, 0.3) is 0 Å². The van der Waals surface area contributed by atoms with Crippen molar-refractivity contribution >= 4 is 22.3 Å². The zero-order valence-electron chi connectivity index (χ0n) is 18.1. The molecule has 32 heavy (non-hydrogen) atoms. The number of hydrogen-bond donors (Lipinski definition) is 1. The first-order valence-corrected chi connectivity index (χ1v) is 11.0. The SMILES string of the molecule is Cc1c([C@@H](C)Nc2ccnc3ccc(N4C[C@@H]5CC[C@H]4CO5)cc23)cccc1C(F)(F)F. The van der Waals surface area contributed by atoms with Gasteiger partial charge in [-0.25, -0.2) is 0 Å². The van der Waals surface area contributed by atoms with Crippen LogP contribution in [-0.4, -0.2) is 30.3 Å². The third kappa shape index (κ3) is 3.79. The van der Waals surface area contributed by atoms with Gasteiger partial charge in [0.05, 0.1) is 29.8 Å². The maximum atomic E-state index is 13.4. The normalized spacial score (nSPS) is 21.7. The monoisotopic (exact) mass is 441 g/mol. The summed E-state index contributed by atoms with van der Waals surface area (Å²) in [4.78, 5) is 6.90. The van der Waals surface area contributed by atoms with E-state index in [2.05, 4.69) is 27.3 Å². The Bertz CT molecular complexity index is 1140. The Hall–Kier alpha value is -2.80. The average Bonchev–Trinajstić information content (AvgIpc) is 2.79. The molecule has 0 unspecified atom stereocenters. The molecular formula is C25H26F3N3O. The summed E-state index contributed by atoms with van der Waals surface area (Å²) >= 11 is 0. The van der Waals surface area contributed by atoms with E-state index in [1.165, 1.54) is 13.0 Å². The number of ether oxygens (including phenoxy) is 1. The Balaban J connectivity index is 1.47. The minimum atomic E-state index is -4.37. The summed E-state index contributed by atoms with van der Waals surface area (Å²) in [5, 5.41) is 4.40. The molecule has 6 rings (SSSR count). The lowest BCUT2D eigenvalue weighted by atomic mass is 9.96. The zero-order chi connectivity index (χ0) is 22.5. The summed E-state index contributed by atoms with van der Waals surface area (Å²) in [6, 6.07) is 12.6. The van der Waals surface area contributed by atoms with E-state index in [9.17, 15) is 13.2 Å². The Morgan fingerprint density at radius 2 is 2.00 bits per heavy atom. The lowest BCUT2D eigenvalue weighted by molar-refractivity contribution is -0.138. The van der Waals surface area contributed by atoms with Gasteiger partial charge in [-0.3, -0.25) is 4.98 Å². The summed E-state index contributed by atoms with van der Waals surface area (Å²) in [7, 11) is 0. The number of piperidine rings is 1. The predicted octanol–water partition coefficient (Wildman–Crippen LogP) is 6.10. The number of nitrogens with one attached hydrogen (secondary N) is 1. The molecule has 2 aromatic carbocycles. The number of anilines is 2. The topological polar surface area (TPSA) is 37.4 Å². The number of nitrogens with zero attached hydrogens (tertiary/aromatic N) is 2. The number of fused-ring (bicyclic) bond motifs is 4. The Morgan fingerprint density at radius 3 is 2.69 bits per heavy atom. The van der Waals surface area contributed by atoms with Crippen LogP contribution >= 0.6 is 0 Å². The number of alkyl halides is 3. The summed E-state index contributed by atoms with van der Waals surface area (Å²) in [5.41, 5.74) is 3.14. The number of pyridine rings is 1. The van der Waals surface area contributed by atoms with Gasteiger partial charge in [-0.2, -0.15) is 13.2 Å².